The Morgan fingerprint density at radius 3 is 2.38 bits per heavy atom. The zero-order valence-corrected chi connectivity index (χ0v) is 14.8. The molecule has 0 aliphatic rings. The van der Waals surface area contributed by atoms with Gasteiger partial charge in [-0.05, 0) is 53.8 Å². The molecule has 0 atom stereocenters. The lowest BCUT2D eigenvalue weighted by molar-refractivity contribution is 0.102. The van der Waals surface area contributed by atoms with E-state index in [0.29, 0.717) is 12.2 Å². The monoisotopic (exact) mass is 323 g/mol. The van der Waals surface area contributed by atoms with E-state index < -0.39 is 0 Å². The molecule has 126 valence electrons. The Balaban J connectivity index is 2.10. The number of nitrogens with one attached hydrogen (secondary N) is 1. The van der Waals surface area contributed by atoms with Crippen LogP contribution in [0.1, 0.15) is 42.3 Å². The molecule has 0 saturated carbocycles. The number of anilines is 1. The molecule has 1 amide bonds. The molecule has 3 heteroatoms. The van der Waals surface area contributed by atoms with Gasteiger partial charge in [-0.1, -0.05) is 45.6 Å². The van der Waals surface area contributed by atoms with Gasteiger partial charge in [-0.2, -0.15) is 0 Å². The van der Waals surface area contributed by atoms with Gasteiger partial charge in [0.05, 0.1) is 0 Å². The predicted molar refractivity (Wildman–Crippen MR) is 100.0 cm³/mol. The van der Waals surface area contributed by atoms with Gasteiger partial charge < -0.3 is 10.1 Å². The second-order valence-corrected chi connectivity index (χ2v) is 6.86. The number of rotatable bonds is 5. The highest BCUT2D eigenvalue weighted by molar-refractivity contribution is 6.04. The highest BCUT2D eigenvalue weighted by Crippen LogP contribution is 2.24. The molecular weight excluding hydrogens is 298 g/mol. The number of benzene rings is 2. The molecule has 0 aliphatic heterocycles. The molecule has 2 rings (SSSR count). The van der Waals surface area contributed by atoms with Crippen molar-refractivity contribution < 1.29 is 9.53 Å². The summed E-state index contributed by atoms with van der Waals surface area (Å²) in [6, 6.07) is 13.4. The lowest BCUT2D eigenvalue weighted by Crippen LogP contribution is -2.14. The van der Waals surface area contributed by atoms with E-state index in [2.05, 4.69) is 32.7 Å². The summed E-state index contributed by atoms with van der Waals surface area (Å²) >= 11 is 0. The molecule has 24 heavy (non-hydrogen) atoms. The van der Waals surface area contributed by atoms with E-state index in [9.17, 15) is 4.79 Å². The molecule has 0 bridgehead atoms. The number of aryl methyl sites for hydroxylation is 1. The van der Waals surface area contributed by atoms with Crippen LogP contribution in [0.5, 0.6) is 5.75 Å². The Bertz CT molecular complexity index is 724. The molecule has 0 radical (unpaired) electrons. The predicted octanol–water partition coefficient (Wildman–Crippen LogP) is 5.11. The fourth-order valence-electron chi connectivity index (χ4n) is 2.34. The standard InChI is InChI=1S/C21H25NO2/c1-6-13-24-18-11-12-19(15(2)14-18)22-20(23)16-7-9-17(10-8-16)21(3,4)5/h6-12,14H,1,13H2,2-5H3,(H,22,23). The van der Waals surface area contributed by atoms with Crippen molar-refractivity contribution in [1.82, 2.24) is 0 Å². The molecule has 1 N–H and O–H groups in total. The Labute approximate surface area is 144 Å². The lowest BCUT2D eigenvalue weighted by Gasteiger charge is -2.19. The maximum Gasteiger partial charge on any atom is 0.255 e. The van der Waals surface area contributed by atoms with E-state index in [1.807, 2.05) is 49.4 Å². The molecule has 0 aromatic heterocycles. The Morgan fingerprint density at radius 1 is 1.17 bits per heavy atom. The molecule has 2 aromatic carbocycles. The fourth-order valence-corrected chi connectivity index (χ4v) is 2.34. The third kappa shape index (κ3) is 4.48. The van der Waals surface area contributed by atoms with Gasteiger partial charge in [0, 0.05) is 11.3 Å². The molecule has 0 unspecified atom stereocenters. The van der Waals surface area contributed by atoms with Crippen LogP contribution in [0.25, 0.3) is 0 Å². The Hall–Kier alpha value is -2.55. The molecular formula is C21H25NO2. The summed E-state index contributed by atoms with van der Waals surface area (Å²) in [4.78, 5) is 12.4. The van der Waals surface area contributed by atoms with Crippen LogP contribution in [-0.4, -0.2) is 12.5 Å². The van der Waals surface area contributed by atoms with Crippen molar-refractivity contribution in [2.24, 2.45) is 0 Å². The third-order valence-corrected chi connectivity index (χ3v) is 3.83. The second kappa shape index (κ2) is 7.35. The van der Waals surface area contributed by atoms with Gasteiger partial charge in [-0.25, -0.2) is 0 Å². The summed E-state index contributed by atoms with van der Waals surface area (Å²) < 4.78 is 5.49. The Kier molecular flexibility index (Phi) is 5.45. The number of ether oxygens (including phenoxy) is 1. The first-order valence-corrected chi connectivity index (χ1v) is 8.07. The van der Waals surface area contributed by atoms with E-state index in [1.54, 1.807) is 6.08 Å². The molecule has 0 aliphatic carbocycles. The minimum Gasteiger partial charge on any atom is -0.490 e. The topological polar surface area (TPSA) is 38.3 Å². The van der Waals surface area contributed by atoms with E-state index in [1.165, 1.54) is 5.56 Å². The third-order valence-electron chi connectivity index (χ3n) is 3.83. The van der Waals surface area contributed by atoms with Crippen LogP contribution in [0.4, 0.5) is 5.69 Å². The van der Waals surface area contributed by atoms with Crippen LogP contribution >= 0.6 is 0 Å². The maximum absolute atomic E-state index is 12.4. The van der Waals surface area contributed by atoms with Crippen molar-refractivity contribution >= 4 is 11.6 Å². The zero-order chi connectivity index (χ0) is 17.7. The molecule has 3 nitrogen and oxygen atoms in total. The summed E-state index contributed by atoms with van der Waals surface area (Å²) in [5, 5.41) is 2.95. The van der Waals surface area contributed by atoms with Crippen molar-refractivity contribution in [3.8, 4) is 5.75 Å². The van der Waals surface area contributed by atoms with Crippen molar-refractivity contribution in [1.29, 1.82) is 0 Å². The van der Waals surface area contributed by atoms with E-state index in [0.717, 1.165) is 17.0 Å². The van der Waals surface area contributed by atoms with Crippen LogP contribution in [0, 0.1) is 6.92 Å². The molecule has 0 heterocycles. The first kappa shape index (κ1) is 17.8. The highest BCUT2D eigenvalue weighted by atomic mass is 16.5. The van der Waals surface area contributed by atoms with Crippen LogP contribution in [-0.2, 0) is 5.41 Å². The number of amides is 1. The normalized spacial score (nSPS) is 11.0. The highest BCUT2D eigenvalue weighted by Gasteiger charge is 2.14. The first-order chi connectivity index (χ1) is 11.3. The number of hydrogen-bond acceptors (Lipinski definition) is 2. The summed E-state index contributed by atoms with van der Waals surface area (Å²) in [5.41, 5.74) is 3.67. The van der Waals surface area contributed by atoms with Crippen molar-refractivity contribution in [2.75, 3.05) is 11.9 Å². The molecule has 0 fully saturated rings. The maximum atomic E-state index is 12.4. The van der Waals surface area contributed by atoms with E-state index in [-0.39, 0.29) is 11.3 Å². The SMILES string of the molecule is C=CCOc1ccc(NC(=O)c2ccc(C(C)(C)C)cc2)c(C)c1. The van der Waals surface area contributed by atoms with Crippen LogP contribution in [0.15, 0.2) is 55.1 Å². The van der Waals surface area contributed by atoms with Crippen molar-refractivity contribution in [3.63, 3.8) is 0 Å². The molecule has 0 saturated heterocycles. The molecule has 2 aromatic rings. The molecule has 0 spiro atoms. The van der Waals surface area contributed by atoms with Gasteiger partial charge in [0.25, 0.3) is 5.91 Å². The minimum atomic E-state index is -0.113. The van der Waals surface area contributed by atoms with Crippen molar-refractivity contribution in [3.05, 3.63) is 71.8 Å². The average molecular weight is 323 g/mol. The quantitative estimate of drug-likeness (QED) is 0.777. The average Bonchev–Trinajstić information content (AvgIpc) is 2.54. The van der Waals surface area contributed by atoms with Gasteiger partial charge in [0.1, 0.15) is 12.4 Å². The first-order valence-electron chi connectivity index (χ1n) is 8.07. The zero-order valence-electron chi connectivity index (χ0n) is 14.8. The fraction of sp³-hybridized carbons (Fsp3) is 0.286. The van der Waals surface area contributed by atoms with E-state index in [4.69, 9.17) is 4.74 Å². The number of carbonyl (C=O) groups excluding carboxylic acids is 1. The summed E-state index contributed by atoms with van der Waals surface area (Å²) in [5.74, 6) is 0.651. The summed E-state index contributed by atoms with van der Waals surface area (Å²) in [7, 11) is 0. The Morgan fingerprint density at radius 2 is 1.83 bits per heavy atom. The second-order valence-electron chi connectivity index (χ2n) is 6.86. The van der Waals surface area contributed by atoms with Gasteiger partial charge in [-0.3, -0.25) is 4.79 Å². The van der Waals surface area contributed by atoms with E-state index >= 15 is 0 Å². The smallest absolute Gasteiger partial charge is 0.255 e. The van der Waals surface area contributed by atoms with Crippen LogP contribution in [0.2, 0.25) is 0 Å². The van der Waals surface area contributed by atoms with Crippen LogP contribution in [0.3, 0.4) is 0 Å². The summed E-state index contributed by atoms with van der Waals surface area (Å²) in [6.07, 6.45) is 1.70. The minimum absolute atomic E-state index is 0.0763. The van der Waals surface area contributed by atoms with Gasteiger partial charge in [0.15, 0.2) is 0 Å². The number of hydrogen-bond donors (Lipinski definition) is 1. The van der Waals surface area contributed by atoms with Gasteiger partial charge >= 0.3 is 0 Å². The lowest BCUT2D eigenvalue weighted by atomic mass is 9.87. The summed E-state index contributed by atoms with van der Waals surface area (Å²) in [6.45, 7) is 12.5. The van der Waals surface area contributed by atoms with Gasteiger partial charge in [-0.15, -0.1) is 0 Å². The number of carbonyl (C=O) groups is 1. The van der Waals surface area contributed by atoms with Crippen LogP contribution < -0.4 is 10.1 Å². The van der Waals surface area contributed by atoms with Gasteiger partial charge in [0.2, 0.25) is 0 Å². The largest absolute Gasteiger partial charge is 0.490 e. The van der Waals surface area contributed by atoms with Crippen molar-refractivity contribution in [2.45, 2.75) is 33.1 Å².